The third kappa shape index (κ3) is 4.51. The van der Waals surface area contributed by atoms with E-state index in [1.807, 2.05) is 78.9 Å². The van der Waals surface area contributed by atoms with E-state index in [1.54, 1.807) is 0 Å². The fourth-order valence-electron chi connectivity index (χ4n) is 3.00. The average molecular weight is 376 g/mol. The Morgan fingerprint density at radius 2 is 1.04 bits per heavy atom. The minimum Gasteiger partial charge on any atom is -0.484 e. The molecule has 27 heavy (non-hydrogen) atoms. The van der Waals surface area contributed by atoms with Crippen LogP contribution in [0.3, 0.4) is 0 Å². The largest absolute Gasteiger partial charge is 0.484 e. The molecule has 0 amide bonds. The van der Waals surface area contributed by atoms with E-state index in [1.165, 1.54) is 13.8 Å². The molecule has 0 aliphatic heterocycles. The summed E-state index contributed by atoms with van der Waals surface area (Å²) in [6.07, 6.45) is 0. The van der Waals surface area contributed by atoms with Gasteiger partial charge in [-0.1, -0.05) is 78.9 Å². The van der Waals surface area contributed by atoms with E-state index in [-0.39, 0.29) is 0 Å². The van der Waals surface area contributed by atoms with E-state index in [9.17, 15) is 9.59 Å². The first-order valence-corrected chi connectivity index (χ1v) is 10.2. The number of carbonyl (C=O) groups excluding carboxylic acids is 2. The van der Waals surface area contributed by atoms with E-state index >= 15 is 0 Å². The van der Waals surface area contributed by atoms with Crippen molar-refractivity contribution in [3.63, 3.8) is 0 Å². The molecule has 0 N–H and O–H groups in total. The topological polar surface area (TPSA) is 52.6 Å². The van der Waals surface area contributed by atoms with Crippen molar-refractivity contribution in [2.75, 3.05) is 0 Å². The summed E-state index contributed by atoms with van der Waals surface area (Å²) in [7, 11) is -2.83. The zero-order valence-electron chi connectivity index (χ0n) is 15.2. The monoisotopic (exact) mass is 376 g/mol. The maximum Gasteiger partial charge on any atom is 0.484 e. The van der Waals surface area contributed by atoms with Gasteiger partial charge in [0.25, 0.3) is 11.9 Å². The molecule has 3 rings (SSSR count). The van der Waals surface area contributed by atoms with Crippen LogP contribution in [0.15, 0.2) is 78.9 Å². The molecule has 5 heteroatoms. The van der Waals surface area contributed by atoms with Crippen LogP contribution in [-0.4, -0.2) is 21.2 Å². The van der Waals surface area contributed by atoms with Gasteiger partial charge in [0.05, 0.1) is 0 Å². The van der Waals surface area contributed by atoms with Gasteiger partial charge in [-0.3, -0.25) is 9.59 Å². The van der Waals surface area contributed by atoms with Gasteiger partial charge in [-0.25, -0.2) is 0 Å². The van der Waals surface area contributed by atoms with Crippen molar-refractivity contribution in [1.29, 1.82) is 0 Å². The van der Waals surface area contributed by atoms with Gasteiger partial charge >= 0.3 is 9.28 Å². The van der Waals surface area contributed by atoms with Crippen molar-refractivity contribution >= 4 is 26.4 Å². The molecule has 0 bridgehead atoms. The second-order valence-electron chi connectivity index (χ2n) is 6.05. The normalized spacial score (nSPS) is 10.5. The van der Waals surface area contributed by atoms with Crippen molar-refractivity contribution in [2.45, 2.75) is 13.8 Å². The van der Waals surface area contributed by atoms with Crippen molar-refractivity contribution in [3.05, 3.63) is 78.9 Å². The van der Waals surface area contributed by atoms with Gasteiger partial charge in [-0.15, -0.1) is 0 Å². The predicted molar refractivity (Wildman–Crippen MR) is 108 cm³/mol. The predicted octanol–water partition coefficient (Wildman–Crippen LogP) is 3.57. The lowest BCUT2D eigenvalue weighted by Gasteiger charge is -2.21. The lowest BCUT2D eigenvalue weighted by Crippen LogP contribution is -2.42. The second-order valence-corrected chi connectivity index (χ2v) is 7.76. The van der Waals surface area contributed by atoms with Crippen molar-refractivity contribution < 1.29 is 18.4 Å². The van der Waals surface area contributed by atoms with Crippen LogP contribution in [0.4, 0.5) is 0 Å². The Hall–Kier alpha value is -3.18. The molecule has 136 valence electrons. The van der Waals surface area contributed by atoms with Gasteiger partial charge in [0, 0.05) is 19.0 Å². The third-order valence-corrected chi connectivity index (χ3v) is 6.24. The van der Waals surface area contributed by atoms with Gasteiger partial charge in [0.2, 0.25) is 0 Å². The maximum atomic E-state index is 11.7. The van der Waals surface area contributed by atoms with Crippen LogP contribution in [0, 0.1) is 0 Å². The molecule has 0 spiro atoms. The van der Waals surface area contributed by atoms with Crippen LogP contribution in [0.25, 0.3) is 22.3 Å². The van der Waals surface area contributed by atoms with Crippen LogP contribution in [0.2, 0.25) is 0 Å². The summed E-state index contributed by atoms with van der Waals surface area (Å²) in [6.45, 7) is 2.66. The first-order chi connectivity index (χ1) is 13.1. The Morgan fingerprint density at radius 1 is 0.630 bits per heavy atom. The van der Waals surface area contributed by atoms with E-state index in [0.717, 1.165) is 27.4 Å². The molecule has 3 aromatic carbocycles. The summed E-state index contributed by atoms with van der Waals surface area (Å²) in [4.78, 5) is 23.5. The lowest BCUT2D eigenvalue weighted by molar-refractivity contribution is -0.137. The molecular weight excluding hydrogens is 356 g/mol. The molecule has 4 nitrogen and oxygen atoms in total. The van der Waals surface area contributed by atoms with E-state index in [4.69, 9.17) is 8.85 Å². The summed E-state index contributed by atoms with van der Waals surface area (Å²) >= 11 is 0. The van der Waals surface area contributed by atoms with Crippen LogP contribution >= 0.6 is 0 Å². The molecule has 0 aromatic heterocycles. The van der Waals surface area contributed by atoms with Gasteiger partial charge in [0.15, 0.2) is 0 Å². The summed E-state index contributed by atoms with van der Waals surface area (Å²) < 4.78 is 11.1. The highest BCUT2D eigenvalue weighted by Gasteiger charge is 2.30. The second kappa shape index (κ2) is 8.47. The average Bonchev–Trinajstić information content (AvgIpc) is 2.67. The Morgan fingerprint density at radius 3 is 1.41 bits per heavy atom. The minimum absolute atomic E-state index is 0.463. The lowest BCUT2D eigenvalue weighted by atomic mass is 9.99. The zero-order chi connectivity index (χ0) is 19.2. The Balaban J connectivity index is 2.26. The number of rotatable bonds is 5. The molecule has 0 saturated carbocycles. The van der Waals surface area contributed by atoms with Crippen molar-refractivity contribution in [1.82, 2.24) is 0 Å². The van der Waals surface area contributed by atoms with Gasteiger partial charge in [-0.2, -0.15) is 0 Å². The summed E-state index contributed by atoms with van der Waals surface area (Å²) in [5, 5.41) is 0.778. The van der Waals surface area contributed by atoms with Crippen LogP contribution in [0.1, 0.15) is 13.8 Å². The molecule has 0 radical (unpaired) electrons. The SMILES string of the molecule is CC(=O)O[SiH](OC(C)=O)c1c(-c2ccccc2)cccc1-c1ccccc1. The van der Waals surface area contributed by atoms with E-state index in [0.29, 0.717) is 0 Å². The van der Waals surface area contributed by atoms with Crippen LogP contribution < -0.4 is 5.19 Å². The number of hydrogen-bond acceptors (Lipinski definition) is 4. The highest BCUT2D eigenvalue weighted by molar-refractivity contribution is 6.67. The first-order valence-electron chi connectivity index (χ1n) is 8.64. The summed E-state index contributed by atoms with van der Waals surface area (Å²) in [5.74, 6) is -0.926. The fraction of sp³-hybridized carbons (Fsp3) is 0.0909. The number of carbonyl (C=O) groups is 2. The minimum atomic E-state index is -2.83. The third-order valence-electron chi connectivity index (χ3n) is 4.06. The number of benzene rings is 3. The van der Waals surface area contributed by atoms with Gasteiger partial charge in [0.1, 0.15) is 0 Å². The van der Waals surface area contributed by atoms with Gasteiger partial charge in [-0.05, 0) is 22.3 Å². The number of hydrogen-bond donors (Lipinski definition) is 0. The molecular formula is C22H20O4Si. The molecule has 3 aromatic rings. The fourth-order valence-corrected chi connectivity index (χ4v) is 4.92. The molecule has 0 aliphatic carbocycles. The Labute approximate surface area is 160 Å². The van der Waals surface area contributed by atoms with Crippen molar-refractivity contribution in [2.24, 2.45) is 0 Å². The van der Waals surface area contributed by atoms with Gasteiger partial charge < -0.3 is 8.85 Å². The molecule has 0 atom stereocenters. The molecule has 0 unspecified atom stereocenters. The molecule has 0 aliphatic rings. The smallest absolute Gasteiger partial charge is 0.484 e. The molecule has 0 heterocycles. The molecule has 0 fully saturated rings. The highest BCUT2D eigenvalue weighted by Crippen LogP contribution is 2.25. The summed E-state index contributed by atoms with van der Waals surface area (Å²) in [6, 6.07) is 25.5. The van der Waals surface area contributed by atoms with E-state index in [2.05, 4.69) is 0 Å². The summed E-state index contributed by atoms with van der Waals surface area (Å²) in [5.41, 5.74) is 3.75. The Kier molecular flexibility index (Phi) is 5.83. The van der Waals surface area contributed by atoms with E-state index < -0.39 is 21.2 Å². The van der Waals surface area contributed by atoms with Crippen LogP contribution in [-0.2, 0) is 18.4 Å². The highest BCUT2D eigenvalue weighted by atomic mass is 28.3. The maximum absolute atomic E-state index is 11.7. The standard InChI is InChI=1S/C22H20O4Si/c1-16(23)25-27(26-17(2)24)22-20(18-10-5-3-6-11-18)14-9-15-21(22)19-12-7-4-8-13-19/h3-15,27H,1-2H3. The quantitative estimate of drug-likeness (QED) is 0.639. The molecule has 0 saturated heterocycles. The zero-order valence-corrected chi connectivity index (χ0v) is 16.4. The first kappa shape index (κ1) is 18.6. The van der Waals surface area contributed by atoms with Crippen LogP contribution in [0.5, 0.6) is 0 Å². The Bertz CT molecular complexity index is 865. The van der Waals surface area contributed by atoms with Crippen molar-refractivity contribution in [3.8, 4) is 22.3 Å².